The highest BCUT2D eigenvalue weighted by atomic mass is 35.5. The Bertz CT molecular complexity index is 963. The van der Waals surface area contributed by atoms with Crippen molar-refractivity contribution < 1.29 is 23.3 Å². The highest BCUT2D eigenvalue weighted by molar-refractivity contribution is 6.58. The average molecular weight is 458 g/mol. The Labute approximate surface area is 182 Å². The topological polar surface area (TPSA) is 67.6 Å². The van der Waals surface area contributed by atoms with Crippen LogP contribution in [-0.4, -0.2) is 59.6 Å². The van der Waals surface area contributed by atoms with Crippen LogP contribution in [0.15, 0.2) is 12.5 Å². The van der Waals surface area contributed by atoms with E-state index in [1.54, 1.807) is 4.57 Å². The van der Waals surface area contributed by atoms with Gasteiger partial charge in [-0.05, 0) is 34.6 Å². The number of rotatable bonds is 4. The van der Waals surface area contributed by atoms with Crippen LogP contribution < -0.4 is 0 Å². The Kier molecular flexibility index (Phi) is 5.31. The van der Waals surface area contributed by atoms with Gasteiger partial charge >= 0.3 is 0 Å². The van der Waals surface area contributed by atoms with Gasteiger partial charge in [-0.1, -0.05) is 24.7 Å². The molecule has 2 aromatic rings. The van der Waals surface area contributed by atoms with Crippen molar-refractivity contribution in [2.45, 2.75) is 82.8 Å². The molecule has 0 radical (unpaired) electrons. The predicted octanol–water partition coefficient (Wildman–Crippen LogP) is 3.64. The molecule has 7 nitrogen and oxygen atoms in total. The maximum atomic E-state index is 14.9. The maximum Gasteiger partial charge on any atom is 0.164 e. The molecule has 2 saturated heterocycles. The van der Waals surface area contributed by atoms with Crippen LogP contribution in [0.5, 0.6) is 0 Å². The standard InChI is InChI=1S/C20H29ClFN3O4Si/c1-18(2,3)26-9-12-14-15(29-19(4,5)28-14)20(27-12,30(6)7)25-8-11(22)13-16(21)23-10-24-17(13)25/h8,10,12,14-15,30H,9H2,1-7H3/t12-,14-,15-,20-/m1/s1. The summed E-state index contributed by atoms with van der Waals surface area (Å²) in [5.41, 5.74) is 0.0552. The zero-order valence-electron chi connectivity index (χ0n) is 18.4. The van der Waals surface area contributed by atoms with Gasteiger partial charge in [-0.2, -0.15) is 0 Å². The molecule has 0 aromatic carbocycles. The predicted molar refractivity (Wildman–Crippen MR) is 114 cm³/mol. The smallest absolute Gasteiger partial charge is 0.164 e. The Morgan fingerprint density at radius 1 is 1.23 bits per heavy atom. The molecule has 0 amide bonds. The second-order valence-corrected chi connectivity index (χ2v) is 13.2. The first-order valence-corrected chi connectivity index (χ1v) is 13.5. The zero-order valence-corrected chi connectivity index (χ0v) is 20.3. The van der Waals surface area contributed by atoms with E-state index in [-0.39, 0.29) is 28.3 Å². The van der Waals surface area contributed by atoms with Crippen LogP contribution in [0.3, 0.4) is 0 Å². The lowest BCUT2D eigenvalue weighted by Gasteiger charge is -2.39. The molecule has 4 atom stereocenters. The first-order valence-electron chi connectivity index (χ1n) is 10.2. The first-order chi connectivity index (χ1) is 13.9. The summed E-state index contributed by atoms with van der Waals surface area (Å²) in [6.45, 7) is 14.4. The molecule has 2 fully saturated rings. The average Bonchev–Trinajstić information content (AvgIpc) is 3.21. The quantitative estimate of drug-likeness (QED) is 0.515. The Morgan fingerprint density at radius 2 is 1.93 bits per heavy atom. The number of aromatic nitrogens is 3. The largest absolute Gasteiger partial charge is 0.373 e. The zero-order chi connectivity index (χ0) is 22.1. The molecule has 166 valence electrons. The van der Waals surface area contributed by atoms with Crippen molar-refractivity contribution in [3.05, 3.63) is 23.5 Å². The van der Waals surface area contributed by atoms with Gasteiger partial charge < -0.3 is 23.5 Å². The van der Waals surface area contributed by atoms with Crippen LogP contribution in [0, 0.1) is 5.82 Å². The van der Waals surface area contributed by atoms with Crippen molar-refractivity contribution in [1.29, 1.82) is 0 Å². The monoisotopic (exact) mass is 457 g/mol. The fraction of sp³-hybridized carbons (Fsp3) is 0.700. The van der Waals surface area contributed by atoms with E-state index in [2.05, 4.69) is 23.1 Å². The minimum atomic E-state index is -1.72. The van der Waals surface area contributed by atoms with Crippen molar-refractivity contribution in [3.8, 4) is 0 Å². The van der Waals surface area contributed by atoms with E-state index >= 15 is 0 Å². The van der Waals surface area contributed by atoms with Crippen LogP contribution in [-0.2, 0) is 24.3 Å². The molecule has 2 aliphatic rings. The van der Waals surface area contributed by atoms with Gasteiger partial charge in [0.15, 0.2) is 17.0 Å². The van der Waals surface area contributed by atoms with Crippen molar-refractivity contribution in [2.24, 2.45) is 0 Å². The van der Waals surface area contributed by atoms with Gasteiger partial charge in [0.05, 0.1) is 26.4 Å². The van der Waals surface area contributed by atoms with E-state index in [0.717, 1.165) is 0 Å². The van der Waals surface area contributed by atoms with E-state index in [1.807, 2.05) is 34.6 Å². The van der Waals surface area contributed by atoms with E-state index in [0.29, 0.717) is 12.3 Å². The third kappa shape index (κ3) is 3.49. The molecule has 4 rings (SSSR count). The number of fused-ring (bicyclic) bond motifs is 2. The number of ether oxygens (including phenoxy) is 4. The highest BCUT2D eigenvalue weighted by Gasteiger charge is 2.65. The second kappa shape index (κ2) is 7.21. The van der Waals surface area contributed by atoms with Crippen molar-refractivity contribution >= 4 is 31.4 Å². The first kappa shape index (κ1) is 22.1. The SMILES string of the molecule is C[SiH](C)[C@]1(n2cc(F)c3c(Cl)ncnc32)O[C@H](COC(C)(C)C)[C@H]2OC(C)(C)O[C@H]21. The molecule has 2 aromatic heterocycles. The molecule has 0 saturated carbocycles. The second-order valence-electron chi connectivity index (χ2n) is 9.72. The lowest BCUT2D eigenvalue weighted by Crippen LogP contribution is -2.54. The van der Waals surface area contributed by atoms with Gasteiger partial charge in [0.2, 0.25) is 0 Å². The molecule has 0 N–H and O–H groups in total. The number of hydrogen-bond donors (Lipinski definition) is 0. The fourth-order valence-electron chi connectivity index (χ4n) is 4.40. The normalized spacial score (nSPS) is 31.1. The van der Waals surface area contributed by atoms with E-state index in [4.69, 9.17) is 30.5 Å². The summed E-state index contributed by atoms with van der Waals surface area (Å²) >= 11 is 6.18. The lowest BCUT2D eigenvalue weighted by molar-refractivity contribution is -0.217. The third-order valence-corrected chi connectivity index (χ3v) is 8.30. The fourth-order valence-corrected chi connectivity index (χ4v) is 6.74. The van der Waals surface area contributed by atoms with E-state index in [1.165, 1.54) is 12.5 Å². The summed E-state index contributed by atoms with van der Waals surface area (Å²) in [6, 6.07) is 0. The molecule has 10 heteroatoms. The molecule has 0 aliphatic carbocycles. The molecule has 2 aliphatic heterocycles. The van der Waals surface area contributed by atoms with Gasteiger partial charge in [-0.25, -0.2) is 14.4 Å². The van der Waals surface area contributed by atoms with Crippen molar-refractivity contribution in [2.75, 3.05) is 6.61 Å². The summed E-state index contributed by atoms with van der Waals surface area (Å²) in [4.78, 5) is 8.27. The summed E-state index contributed by atoms with van der Waals surface area (Å²) in [5.74, 6) is -1.28. The summed E-state index contributed by atoms with van der Waals surface area (Å²) in [6.07, 6.45) is 1.57. The number of nitrogens with zero attached hydrogens (tertiary/aromatic N) is 3. The Hall–Kier alpha value is -1.10. The van der Waals surface area contributed by atoms with Gasteiger partial charge in [-0.15, -0.1) is 0 Å². The summed E-state index contributed by atoms with van der Waals surface area (Å²) in [7, 11) is -1.72. The third-order valence-electron chi connectivity index (χ3n) is 5.62. The number of halogens is 2. The molecular formula is C20H29ClFN3O4Si. The molecule has 4 heterocycles. The summed E-state index contributed by atoms with van der Waals surface area (Å²) < 4.78 is 42.0. The van der Waals surface area contributed by atoms with Crippen LogP contribution in [0.4, 0.5) is 4.39 Å². The molecule has 30 heavy (non-hydrogen) atoms. The molecule has 0 unspecified atom stereocenters. The minimum Gasteiger partial charge on any atom is -0.373 e. The van der Waals surface area contributed by atoms with E-state index < -0.39 is 31.9 Å². The van der Waals surface area contributed by atoms with Crippen LogP contribution in [0.2, 0.25) is 18.2 Å². The Morgan fingerprint density at radius 3 is 2.57 bits per heavy atom. The maximum absolute atomic E-state index is 14.9. The van der Waals surface area contributed by atoms with Crippen molar-refractivity contribution in [3.63, 3.8) is 0 Å². The van der Waals surface area contributed by atoms with Gasteiger partial charge in [0.1, 0.15) is 35.4 Å². The minimum absolute atomic E-state index is 0.0721. The lowest BCUT2D eigenvalue weighted by atomic mass is 10.1. The van der Waals surface area contributed by atoms with Gasteiger partial charge in [0, 0.05) is 6.20 Å². The molecular weight excluding hydrogens is 429 g/mol. The van der Waals surface area contributed by atoms with Crippen LogP contribution in [0.25, 0.3) is 11.0 Å². The molecule has 0 bridgehead atoms. The molecule has 0 spiro atoms. The number of hydrogen-bond acceptors (Lipinski definition) is 6. The van der Waals surface area contributed by atoms with Crippen LogP contribution in [0.1, 0.15) is 34.6 Å². The van der Waals surface area contributed by atoms with Crippen molar-refractivity contribution in [1.82, 2.24) is 14.5 Å². The summed E-state index contributed by atoms with van der Waals surface area (Å²) in [5, 5.41) is -0.672. The van der Waals surface area contributed by atoms with Crippen LogP contribution >= 0.6 is 11.6 Å². The Balaban J connectivity index is 1.85. The van der Waals surface area contributed by atoms with Gasteiger partial charge in [-0.3, -0.25) is 0 Å². The van der Waals surface area contributed by atoms with E-state index in [9.17, 15) is 4.39 Å². The highest BCUT2D eigenvalue weighted by Crippen LogP contribution is 2.49. The van der Waals surface area contributed by atoms with Gasteiger partial charge in [0.25, 0.3) is 0 Å².